The summed E-state index contributed by atoms with van der Waals surface area (Å²) in [7, 11) is -3.52. The van der Waals surface area contributed by atoms with Gasteiger partial charge in [0, 0.05) is 13.1 Å². The molecule has 1 unspecified atom stereocenters. The number of rotatable bonds is 4. The minimum atomic E-state index is -3.52. The zero-order valence-electron chi connectivity index (χ0n) is 14.7. The van der Waals surface area contributed by atoms with Crippen molar-refractivity contribution in [2.24, 2.45) is 5.92 Å². The van der Waals surface area contributed by atoms with Crippen LogP contribution in [0.1, 0.15) is 18.4 Å². The normalized spacial score (nSPS) is 18.6. The average molecular weight is 422 g/mol. The third-order valence-corrected chi connectivity index (χ3v) is 8.79. The molecule has 1 N–H and O–H groups in total. The highest BCUT2D eigenvalue weighted by Gasteiger charge is 2.34. The second kappa shape index (κ2) is 7.31. The number of anilines is 1. The quantitative estimate of drug-likeness (QED) is 0.697. The smallest absolute Gasteiger partial charge is 0.252 e. The van der Waals surface area contributed by atoms with Gasteiger partial charge in [0.2, 0.25) is 5.91 Å². The lowest BCUT2D eigenvalue weighted by atomic mass is 9.99. The molecule has 9 heteroatoms. The number of sulfonamides is 1. The fourth-order valence-electron chi connectivity index (χ4n) is 3.20. The number of thiophene rings is 1. The fraction of sp³-hybridized carbons (Fsp3) is 0.333. The third-order valence-electron chi connectivity index (χ3n) is 4.62. The van der Waals surface area contributed by atoms with E-state index in [2.05, 4.69) is 10.3 Å². The minimum absolute atomic E-state index is 0.170. The zero-order chi connectivity index (χ0) is 19.0. The van der Waals surface area contributed by atoms with Gasteiger partial charge >= 0.3 is 0 Å². The summed E-state index contributed by atoms with van der Waals surface area (Å²) >= 11 is 2.64. The lowest BCUT2D eigenvalue weighted by molar-refractivity contribution is -0.120. The Bertz CT molecular complexity index is 1070. The molecule has 0 bridgehead atoms. The Morgan fingerprint density at radius 1 is 1.33 bits per heavy atom. The molecule has 3 heterocycles. The molecular weight excluding hydrogens is 402 g/mol. The summed E-state index contributed by atoms with van der Waals surface area (Å²) in [6.07, 6.45) is 1.34. The number of hydrogen-bond donors (Lipinski definition) is 1. The van der Waals surface area contributed by atoms with Crippen molar-refractivity contribution in [2.45, 2.75) is 24.0 Å². The number of aryl methyl sites for hydroxylation is 1. The molecule has 1 fully saturated rings. The van der Waals surface area contributed by atoms with Crippen molar-refractivity contribution in [3.63, 3.8) is 0 Å². The number of piperidine rings is 1. The number of nitrogens with one attached hydrogen (secondary N) is 1. The highest BCUT2D eigenvalue weighted by Crippen LogP contribution is 2.29. The van der Waals surface area contributed by atoms with Crippen molar-refractivity contribution < 1.29 is 13.2 Å². The van der Waals surface area contributed by atoms with Crippen LogP contribution in [0.15, 0.2) is 39.9 Å². The highest BCUT2D eigenvalue weighted by molar-refractivity contribution is 7.91. The van der Waals surface area contributed by atoms with Crippen molar-refractivity contribution in [3.8, 4) is 0 Å². The van der Waals surface area contributed by atoms with Gasteiger partial charge in [-0.1, -0.05) is 23.5 Å². The molecule has 0 radical (unpaired) electrons. The van der Waals surface area contributed by atoms with Crippen LogP contribution in [0.4, 0.5) is 5.13 Å². The van der Waals surface area contributed by atoms with E-state index in [-0.39, 0.29) is 18.4 Å². The van der Waals surface area contributed by atoms with Crippen molar-refractivity contribution in [1.82, 2.24) is 9.29 Å². The molecule has 4 rings (SSSR count). The van der Waals surface area contributed by atoms with Crippen LogP contribution in [0.3, 0.4) is 0 Å². The molecular formula is C18H19N3O3S3. The van der Waals surface area contributed by atoms with Gasteiger partial charge in [-0.2, -0.15) is 4.31 Å². The van der Waals surface area contributed by atoms with Crippen LogP contribution in [-0.4, -0.2) is 36.7 Å². The van der Waals surface area contributed by atoms with Gasteiger partial charge < -0.3 is 5.32 Å². The van der Waals surface area contributed by atoms with Crippen LogP contribution >= 0.6 is 22.7 Å². The van der Waals surface area contributed by atoms with Crippen molar-refractivity contribution >= 4 is 54.0 Å². The first kappa shape index (κ1) is 18.5. The van der Waals surface area contributed by atoms with E-state index in [9.17, 15) is 13.2 Å². The molecule has 3 aromatic rings. The lowest BCUT2D eigenvalue weighted by Gasteiger charge is -2.30. The van der Waals surface area contributed by atoms with Gasteiger partial charge in [0.15, 0.2) is 5.13 Å². The maximum atomic E-state index is 12.7. The Hall–Kier alpha value is -1.81. The number of fused-ring (bicyclic) bond motifs is 1. The Morgan fingerprint density at radius 3 is 2.96 bits per heavy atom. The summed E-state index contributed by atoms with van der Waals surface area (Å²) in [5.74, 6) is -0.543. The molecule has 0 spiro atoms. The number of aromatic nitrogens is 1. The number of hydrogen-bond acceptors (Lipinski definition) is 6. The van der Waals surface area contributed by atoms with Crippen molar-refractivity contribution in [2.75, 3.05) is 18.4 Å². The Balaban J connectivity index is 1.48. The Morgan fingerprint density at radius 2 is 2.19 bits per heavy atom. The van der Waals surface area contributed by atoms with E-state index in [1.807, 2.05) is 25.1 Å². The van der Waals surface area contributed by atoms with Crippen LogP contribution in [-0.2, 0) is 14.8 Å². The van der Waals surface area contributed by atoms with Crippen molar-refractivity contribution in [3.05, 3.63) is 41.3 Å². The maximum absolute atomic E-state index is 12.7. The highest BCUT2D eigenvalue weighted by atomic mass is 32.2. The molecule has 1 aliphatic rings. The van der Waals surface area contributed by atoms with E-state index in [0.29, 0.717) is 28.7 Å². The number of thiazole rings is 1. The monoisotopic (exact) mass is 421 g/mol. The second-order valence-corrected chi connectivity index (χ2v) is 10.8. The summed E-state index contributed by atoms with van der Waals surface area (Å²) in [6.45, 7) is 2.67. The molecule has 1 aliphatic heterocycles. The van der Waals surface area contributed by atoms with Gasteiger partial charge in [0.25, 0.3) is 10.0 Å². The van der Waals surface area contributed by atoms with Gasteiger partial charge in [-0.25, -0.2) is 13.4 Å². The van der Waals surface area contributed by atoms with Crippen LogP contribution in [0.25, 0.3) is 10.2 Å². The van der Waals surface area contributed by atoms with Gasteiger partial charge in [-0.05, 0) is 48.9 Å². The number of nitrogens with zero attached hydrogens (tertiary/aromatic N) is 2. The first-order chi connectivity index (χ1) is 12.9. The van der Waals surface area contributed by atoms with E-state index in [1.54, 1.807) is 17.5 Å². The molecule has 2 aromatic heterocycles. The first-order valence-corrected chi connectivity index (χ1v) is 11.8. The number of carbonyl (C=O) groups is 1. The summed E-state index contributed by atoms with van der Waals surface area (Å²) in [6, 6.07) is 9.29. The minimum Gasteiger partial charge on any atom is -0.302 e. The predicted molar refractivity (Wildman–Crippen MR) is 109 cm³/mol. The molecule has 142 valence electrons. The van der Waals surface area contributed by atoms with Crippen LogP contribution in [0, 0.1) is 12.8 Å². The summed E-state index contributed by atoms with van der Waals surface area (Å²) in [4.78, 5) is 17.2. The van der Waals surface area contributed by atoms with Crippen LogP contribution in [0.5, 0.6) is 0 Å². The summed E-state index contributed by atoms with van der Waals surface area (Å²) in [5, 5.41) is 5.18. The number of benzene rings is 1. The van der Waals surface area contributed by atoms with Gasteiger partial charge in [-0.15, -0.1) is 11.3 Å². The molecule has 0 saturated carbocycles. The summed E-state index contributed by atoms with van der Waals surface area (Å²) < 4.78 is 28.2. The van der Waals surface area contributed by atoms with Gasteiger partial charge in [0.05, 0.1) is 16.1 Å². The SMILES string of the molecule is Cc1ccc2nc(NC(=O)C3CCCN(S(=O)(=O)c4cccs4)C3)sc2c1. The van der Waals surface area contributed by atoms with E-state index in [0.717, 1.165) is 15.8 Å². The van der Waals surface area contributed by atoms with Gasteiger partial charge in [-0.3, -0.25) is 4.79 Å². The molecule has 27 heavy (non-hydrogen) atoms. The predicted octanol–water partition coefficient (Wildman–Crippen LogP) is 3.71. The molecule has 0 aliphatic carbocycles. The van der Waals surface area contributed by atoms with Crippen LogP contribution in [0.2, 0.25) is 0 Å². The molecule has 6 nitrogen and oxygen atoms in total. The summed E-state index contributed by atoms with van der Waals surface area (Å²) in [5.41, 5.74) is 2.00. The number of carbonyl (C=O) groups excluding carboxylic acids is 1. The van der Waals surface area contributed by atoms with E-state index in [1.165, 1.54) is 27.0 Å². The second-order valence-electron chi connectivity index (χ2n) is 6.61. The number of amides is 1. The van der Waals surface area contributed by atoms with E-state index >= 15 is 0 Å². The van der Waals surface area contributed by atoms with Crippen molar-refractivity contribution in [1.29, 1.82) is 0 Å². The maximum Gasteiger partial charge on any atom is 0.252 e. The van der Waals surface area contributed by atoms with Crippen LogP contribution < -0.4 is 5.32 Å². The first-order valence-electron chi connectivity index (χ1n) is 8.65. The largest absolute Gasteiger partial charge is 0.302 e. The zero-order valence-corrected chi connectivity index (χ0v) is 17.2. The fourth-order valence-corrected chi connectivity index (χ4v) is 6.84. The topological polar surface area (TPSA) is 79.4 Å². The van der Waals surface area contributed by atoms with E-state index < -0.39 is 10.0 Å². The van der Waals surface area contributed by atoms with Gasteiger partial charge in [0.1, 0.15) is 4.21 Å². The standard InChI is InChI=1S/C18H19N3O3S3/c1-12-6-7-14-15(10-12)26-18(19-14)20-17(22)13-4-2-8-21(11-13)27(23,24)16-5-3-9-25-16/h3,5-7,9-10,13H,2,4,8,11H2,1H3,(H,19,20,22). The third kappa shape index (κ3) is 3.77. The Labute approximate surface area is 165 Å². The molecule has 1 saturated heterocycles. The average Bonchev–Trinajstić information content (AvgIpc) is 3.31. The lowest BCUT2D eigenvalue weighted by Crippen LogP contribution is -2.43. The Kier molecular flexibility index (Phi) is 5.02. The van der Waals surface area contributed by atoms with E-state index in [4.69, 9.17) is 0 Å². The molecule has 1 amide bonds. The molecule has 1 aromatic carbocycles. The molecule has 1 atom stereocenters.